The molecule has 0 saturated carbocycles. The average Bonchev–Trinajstić information content (AvgIpc) is 2.57. The number of piperidine rings is 1. The molecule has 1 aromatic rings. The van der Waals surface area contributed by atoms with Gasteiger partial charge in [-0.3, -0.25) is 0 Å². The van der Waals surface area contributed by atoms with Gasteiger partial charge in [-0.15, -0.1) is 0 Å². The molecule has 5 nitrogen and oxygen atoms in total. The predicted octanol–water partition coefficient (Wildman–Crippen LogP) is 3.63. The molecule has 1 aromatic carbocycles. The van der Waals surface area contributed by atoms with E-state index in [-0.39, 0.29) is 12.1 Å². The second kappa shape index (κ2) is 9.56. The number of likely N-dealkylation sites (tertiary alicyclic amines) is 1. The van der Waals surface area contributed by atoms with E-state index in [2.05, 4.69) is 22.5 Å². The summed E-state index contributed by atoms with van der Waals surface area (Å²) in [6.07, 6.45) is 0.480. The summed E-state index contributed by atoms with van der Waals surface area (Å²) in [5.74, 6) is 0.353. The number of alkyl halides is 2. The van der Waals surface area contributed by atoms with Crippen LogP contribution in [0, 0.1) is 6.92 Å². The Morgan fingerprint density at radius 2 is 2.08 bits per heavy atom. The summed E-state index contributed by atoms with van der Waals surface area (Å²) in [6, 6.07) is 4.92. The summed E-state index contributed by atoms with van der Waals surface area (Å²) in [4.78, 5) is 14.6. The van der Waals surface area contributed by atoms with Crippen LogP contribution >= 0.6 is 0 Å². The smallest absolute Gasteiger partial charge is 0.319 e. The summed E-state index contributed by atoms with van der Waals surface area (Å²) in [5.41, 5.74) is 1.27. The van der Waals surface area contributed by atoms with Crippen molar-refractivity contribution in [2.75, 3.05) is 31.6 Å². The van der Waals surface area contributed by atoms with Crippen LogP contribution in [0.1, 0.15) is 31.7 Å². The molecule has 1 aliphatic heterocycles. The normalized spacial score (nSPS) is 16.0. The van der Waals surface area contributed by atoms with E-state index in [4.69, 9.17) is 4.74 Å². The third kappa shape index (κ3) is 6.49. The Morgan fingerprint density at radius 1 is 1.36 bits per heavy atom. The number of hydrogen-bond donors (Lipinski definition) is 2. The molecule has 25 heavy (non-hydrogen) atoms. The van der Waals surface area contributed by atoms with Gasteiger partial charge in [-0.2, -0.15) is 0 Å². The van der Waals surface area contributed by atoms with Crippen molar-refractivity contribution >= 4 is 11.7 Å². The molecule has 2 rings (SSSR count). The van der Waals surface area contributed by atoms with Gasteiger partial charge in [-0.25, -0.2) is 13.6 Å². The third-order valence-electron chi connectivity index (χ3n) is 4.27. The van der Waals surface area contributed by atoms with Crippen molar-refractivity contribution in [1.29, 1.82) is 0 Å². The third-order valence-corrected chi connectivity index (χ3v) is 4.27. The van der Waals surface area contributed by atoms with Gasteiger partial charge in [-0.1, -0.05) is 13.0 Å². The predicted molar refractivity (Wildman–Crippen MR) is 94.6 cm³/mol. The van der Waals surface area contributed by atoms with Crippen LogP contribution in [0.3, 0.4) is 0 Å². The van der Waals surface area contributed by atoms with Gasteiger partial charge in [0.1, 0.15) is 12.4 Å². The van der Waals surface area contributed by atoms with E-state index in [1.165, 1.54) is 0 Å². The number of rotatable bonds is 7. The maximum Gasteiger partial charge on any atom is 0.319 e. The van der Waals surface area contributed by atoms with Crippen LogP contribution in [0.25, 0.3) is 0 Å². The number of nitrogens with zero attached hydrogens (tertiary/aromatic N) is 1. The zero-order valence-electron chi connectivity index (χ0n) is 14.9. The molecule has 1 aliphatic rings. The molecule has 0 bridgehead atoms. The van der Waals surface area contributed by atoms with Crippen molar-refractivity contribution in [3.05, 3.63) is 23.8 Å². The van der Waals surface area contributed by atoms with Crippen molar-refractivity contribution < 1.29 is 18.3 Å². The first kappa shape index (κ1) is 19.4. The SMILES string of the molecule is CCCN1CCC(NC(=O)Nc2ccc(C)c(OCC(F)F)c2)CC1. The fourth-order valence-electron chi connectivity index (χ4n) is 2.96. The number of urea groups is 1. The molecule has 0 aliphatic carbocycles. The molecule has 0 unspecified atom stereocenters. The fourth-order valence-corrected chi connectivity index (χ4v) is 2.96. The molecule has 1 saturated heterocycles. The monoisotopic (exact) mass is 355 g/mol. The molecule has 0 radical (unpaired) electrons. The summed E-state index contributed by atoms with van der Waals surface area (Å²) in [6.45, 7) is 6.37. The molecule has 140 valence electrons. The minimum Gasteiger partial charge on any atom is -0.487 e. The second-order valence-electron chi connectivity index (χ2n) is 6.40. The highest BCUT2D eigenvalue weighted by atomic mass is 19.3. The zero-order valence-corrected chi connectivity index (χ0v) is 14.9. The van der Waals surface area contributed by atoms with E-state index < -0.39 is 13.0 Å². The van der Waals surface area contributed by atoms with Crippen LogP contribution in [0.5, 0.6) is 5.75 Å². The minimum atomic E-state index is -2.53. The highest BCUT2D eigenvalue weighted by Crippen LogP contribution is 2.23. The first-order valence-electron chi connectivity index (χ1n) is 8.79. The maximum atomic E-state index is 12.3. The molecule has 0 atom stereocenters. The first-order chi connectivity index (χ1) is 12.0. The largest absolute Gasteiger partial charge is 0.487 e. The molecular weight excluding hydrogens is 328 g/mol. The fraction of sp³-hybridized carbons (Fsp3) is 0.611. The van der Waals surface area contributed by atoms with Crippen molar-refractivity contribution in [3.63, 3.8) is 0 Å². The van der Waals surface area contributed by atoms with E-state index >= 15 is 0 Å². The molecule has 2 N–H and O–H groups in total. The summed E-state index contributed by atoms with van der Waals surface area (Å²) in [7, 11) is 0. The number of carbonyl (C=O) groups is 1. The summed E-state index contributed by atoms with van der Waals surface area (Å²) >= 11 is 0. The topological polar surface area (TPSA) is 53.6 Å². The Hall–Kier alpha value is -1.89. The van der Waals surface area contributed by atoms with Crippen LogP contribution < -0.4 is 15.4 Å². The van der Waals surface area contributed by atoms with Crippen LogP contribution in [0.4, 0.5) is 19.3 Å². The number of carbonyl (C=O) groups excluding carboxylic acids is 1. The van der Waals surface area contributed by atoms with Gasteiger partial charge in [0.25, 0.3) is 6.43 Å². The van der Waals surface area contributed by atoms with Gasteiger partial charge in [0.15, 0.2) is 0 Å². The number of amides is 2. The van der Waals surface area contributed by atoms with E-state index in [0.29, 0.717) is 11.4 Å². The van der Waals surface area contributed by atoms with Crippen molar-refractivity contribution in [3.8, 4) is 5.75 Å². The number of nitrogens with one attached hydrogen (secondary N) is 2. The average molecular weight is 355 g/mol. The number of ether oxygens (including phenoxy) is 1. The van der Waals surface area contributed by atoms with E-state index in [9.17, 15) is 13.6 Å². The molecule has 2 amide bonds. The van der Waals surface area contributed by atoms with Crippen molar-refractivity contribution in [1.82, 2.24) is 10.2 Å². The van der Waals surface area contributed by atoms with Gasteiger partial charge in [0.05, 0.1) is 0 Å². The highest BCUT2D eigenvalue weighted by Gasteiger charge is 2.20. The lowest BCUT2D eigenvalue weighted by atomic mass is 10.1. The van der Waals surface area contributed by atoms with E-state index in [1.54, 1.807) is 25.1 Å². The zero-order chi connectivity index (χ0) is 18.2. The summed E-state index contributed by atoms with van der Waals surface area (Å²) in [5, 5.41) is 5.73. The Labute approximate surface area is 147 Å². The minimum absolute atomic E-state index is 0.160. The number of hydrogen-bond acceptors (Lipinski definition) is 3. The lowest BCUT2D eigenvalue weighted by molar-refractivity contribution is 0.0816. The van der Waals surface area contributed by atoms with E-state index in [0.717, 1.165) is 44.5 Å². The van der Waals surface area contributed by atoms with Crippen molar-refractivity contribution in [2.45, 2.75) is 45.6 Å². The lowest BCUT2D eigenvalue weighted by Crippen LogP contribution is -2.46. The Balaban J connectivity index is 1.83. The highest BCUT2D eigenvalue weighted by molar-refractivity contribution is 5.89. The number of halogens is 2. The second-order valence-corrected chi connectivity index (χ2v) is 6.40. The molecule has 7 heteroatoms. The standard InChI is InChI=1S/C18H27F2N3O2/c1-3-8-23-9-6-14(7-10-23)21-18(24)22-15-5-4-13(2)16(11-15)25-12-17(19)20/h4-5,11,14,17H,3,6-10,12H2,1-2H3,(H2,21,22,24). The number of aryl methyl sites for hydroxylation is 1. The Kier molecular flexibility index (Phi) is 7.43. The molecule has 0 aromatic heterocycles. The van der Waals surface area contributed by atoms with Gasteiger partial charge < -0.3 is 20.3 Å². The van der Waals surface area contributed by atoms with Crippen LogP contribution in [0.2, 0.25) is 0 Å². The first-order valence-corrected chi connectivity index (χ1v) is 8.79. The number of benzene rings is 1. The van der Waals surface area contributed by atoms with Crippen LogP contribution in [-0.2, 0) is 0 Å². The quantitative estimate of drug-likeness (QED) is 0.785. The Morgan fingerprint density at radius 3 is 2.72 bits per heavy atom. The van der Waals surface area contributed by atoms with Crippen LogP contribution in [-0.4, -0.2) is 49.6 Å². The van der Waals surface area contributed by atoms with Crippen LogP contribution in [0.15, 0.2) is 18.2 Å². The lowest BCUT2D eigenvalue weighted by Gasteiger charge is -2.32. The van der Waals surface area contributed by atoms with Gasteiger partial charge in [0.2, 0.25) is 0 Å². The van der Waals surface area contributed by atoms with Gasteiger partial charge in [0, 0.05) is 30.9 Å². The summed E-state index contributed by atoms with van der Waals surface area (Å²) < 4.78 is 29.7. The molecular formula is C18H27F2N3O2. The molecule has 1 heterocycles. The van der Waals surface area contributed by atoms with E-state index in [1.807, 2.05) is 0 Å². The number of anilines is 1. The maximum absolute atomic E-state index is 12.3. The van der Waals surface area contributed by atoms with Crippen molar-refractivity contribution in [2.24, 2.45) is 0 Å². The van der Waals surface area contributed by atoms with Gasteiger partial charge in [-0.05, 0) is 44.4 Å². The van der Waals surface area contributed by atoms with Gasteiger partial charge >= 0.3 is 6.03 Å². The molecule has 0 spiro atoms. The molecule has 1 fully saturated rings. The Bertz CT molecular complexity index is 561.